The van der Waals surface area contributed by atoms with E-state index >= 15 is 0 Å². The van der Waals surface area contributed by atoms with Gasteiger partial charge < -0.3 is 9.47 Å². The highest BCUT2D eigenvalue weighted by atomic mass is 32.2. The number of nitrogens with zero attached hydrogens (tertiary/aromatic N) is 3. The molecule has 3 rings (SSSR count). The molecule has 0 spiro atoms. The standard InChI is InChI=1S/C19H25N3OS/c1-15-20-11-14-21(15)13-10-16-7-5-6-12-22(16)19(23)17-8-3-4-9-18(17)24-2/h3-4,8-9,11,14,16H,5-7,10,12-13H2,1-2H3. The molecule has 0 aliphatic carbocycles. The van der Waals surface area contributed by atoms with Crippen LogP contribution in [0.25, 0.3) is 0 Å². The van der Waals surface area contributed by atoms with E-state index in [4.69, 9.17) is 0 Å². The molecule has 0 N–H and O–H groups in total. The van der Waals surface area contributed by atoms with Gasteiger partial charge in [-0.3, -0.25) is 4.79 Å². The number of rotatable bonds is 5. The molecule has 1 fully saturated rings. The van der Waals surface area contributed by atoms with Crippen LogP contribution in [0.1, 0.15) is 41.9 Å². The van der Waals surface area contributed by atoms with Crippen molar-refractivity contribution in [3.05, 3.63) is 48.0 Å². The summed E-state index contributed by atoms with van der Waals surface area (Å²) in [5.74, 6) is 1.23. The number of amides is 1. The lowest BCUT2D eigenvalue weighted by Gasteiger charge is -2.36. The van der Waals surface area contributed by atoms with Crippen molar-refractivity contribution in [1.82, 2.24) is 14.5 Å². The largest absolute Gasteiger partial charge is 0.336 e. The van der Waals surface area contributed by atoms with Crippen LogP contribution in [0.2, 0.25) is 0 Å². The zero-order valence-corrected chi connectivity index (χ0v) is 15.3. The SMILES string of the molecule is CSc1ccccc1C(=O)N1CCCCC1CCn1ccnc1C. The summed E-state index contributed by atoms with van der Waals surface area (Å²) in [6.07, 6.45) is 10.3. The third-order valence-electron chi connectivity index (χ3n) is 4.85. The highest BCUT2D eigenvalue weighted by molar-refractivity contribution is 7.98. The van der Waals surface area contributed by atoms with Crippen LogP contribution in [0.3, 0.4) is 0 Å². The van der Waals surface area contributed by atoms with Gasteiger partial charge in [-0.25, -0.2) is 4.98 Å². The normalized spacial score (nSPS) is 17.9. The molecular formula is C19H25N3OS. The van der Waals surface area contributed by atoms with Gasteiger partial charge in [0.25, 0.3) is 5.91 Å². The fourth-order valence-electron chi connectivity index (χ4n) is 3.47. The molecule has 1 aliphatic rings. The smallest absolute Gasteiger partial charge is 0.255 e. The van der Waals surface area contributed by atoms with Gasteiger partial charge in [0.1, 0.15) is 5.82 Å². The molecule has 1 amide bonds. The second-order valence-corrected chi connectivity index (χ2v) is 7.15. The predicted molar refractivity (Wildman–Crippen MR) is 98.5 cm³/mol. The summed E-state index contributed by atoms with van der Waals surface area (Å²) in [5.41, 5.74) is 0.843. The Kier molecular flexibility index (Phi) is 5.61. The minimum Gasteiger partial charge on any atom is -0.336 e. The molecular weight excluding hydrogens is 318 g/mol. The Balaban J connectivity index is 1.74. The van der Waals surface area contributed by atoms with Gasteiger partial charge in [-0.1, -0.05) is 12.1 Å². The second kappa shape index (κ2) is 7.88. The molecule has 1 unspecified atom stereocenters. The van der Waals surface area contributed by atoms with Crippen molar-refractivity contribution in [2.75, 3.05) is 12.8 Å². The molecule has 1 atom stereocenters. The number of carbonyl (C=O) groups is 1. The van der Waals surface area contributed by atoms with Crippen LogP contribution in [0.15, 0.2) is 41.6 Å². The maximum Gasteiger partial charge on any atom is 0.255 e. The Morgan fingerprint density at radius 1 is 1.33 bits per heavy atom. The number of likely N-dealkylation sites (tertiary alicyclic amines) is 1. The molecule has 0 bridgehead atoms. The zero-order chi connectivity index (χ0) is 16.9. The summed E-state index contributed by atoms with van der Waals surface area (Å²) in [7, 11) is 0. The van der Waals surface area contributed by atoms with Crippen molar-refractivity contribution >= 4 is 17.7 Å². The molecule has 5 heteroatoms. The molecule has 0 saturated carbocycles. The van der Waals surface area contributed by atoms with Crippen LogP contribution >= 0.6 is 11.8 Å². The van der Waals surface area contributed by atoms with Crippen LogP contribution in [0, 0.1) is 6.92 Å². The molecule has 128 valence electrons. The van der Waals surface area contributed by atoms with Gasteiger partial charge in [0.15, 0.2) is 0 Å². The molecule has 1 aromatic heterocycles. The lowest BCUT2D eigenvalue weighted by molar-refractivity contribution is 0.0591. The highest BCUT2D eigenvalue weighted by Crippen LogP contribution is 2.26. The third kappa shape index (κ3) is 3.66. The van der Waals surface area contributed by atoms with E-state index in [0.29, 0.717) is 6.04 Å². The van der Waals surface area contributed by atoms with Crippen molar-refractivity contribution < 1.29 is 4.79 Å². The Morgan fingerprint density at radius 2 is 2.17 bits per heavy atom. The maximum absolute atomic E-state index is 13.1. The van der Waals surface area contributed by atoms with Gasteiger partial charge in [0.05, 0.1) is 5.56 Å². The van der Waals surface area contributed by atoms with Gasteiger partial charge in [-0.15, -0.1) is 11.8 Å². The van der Waals surface area contributed by atoms with E-state index in [1.165, 1.54) is 6.42 Å². The minimum atomic E-state index is 0.187. The number of thioether (sulfide) groups is 1. The number of aromatic nitrogens is 2. The third-order valence-corrected chi connectivity index (χ3v) is 5.65. The second-order valence-electron chi connectivity index (χ2n) is 6.30. The summed E-state index contributed by atoms with van der Waals surface area (Å²) in [6, 6.07) is 8.27. The lowest BCUT2D eigenvalue weighted by Crippen LogP contribution is -2.44. The van der Waals surface area contributed by atoms with E-state index in [1.807, 2.05) is 49.8 Å². The van der Waals surface area contributed by atoms with E-state index in [2.05, 4.69) is 14.5 Å². The summed E-state index contributed by atoms with van der Waals surface area (Å²) in [5, 5.41) is 0. The molecule has 2 aromatic rings. The van der Waals surface area contributed by atoms with Gasteiger partial charge in [-0.2, -0.15) is 0 Å². The summed E-state index contributed by atoms with van der Waals surface area (Å²) < 4.78 is 2.17. The summed E-state index contributed by atoms with van der Waals surface area (Å²) in [4.78, 5) is 20.6. The Bertz CT molecular complexity index is 697. The van der Waals surface area contributed by atoms with Crippen molar-refractivity contribution in [2.24, 2.45) is 0 Å². The van der Waals surface area contributed by atoms with E-state index < -0.39 is 0 Å². The number of carbonyl (C=O) groups excluding carboxylic acids is 1. The number of benzene rings is 1. The van der Waals surface area contributed by atoms with Crippen LogP contribution in [-0.2, 0) is 6.54 Å². The maximum atomic E-state index is 13.1. The van der Waals surface area contributed by atoms with E-state index in [0.717, 1.165) is 48.6 Å². The lowest BCUT2D eigenvalue weighted by atomic mass is 9.98. The average molecular weight is 343 g/mol. The number of hydrogen-bond acceptors (Lipinski definition) is 3. The summed E-state index contributed by atoms with van der Waals surface area (Å²) >= 11 is 1.64. The van der Waals surface area contributed by atoms with E-state index in [-0.39, 0.29) is 5.91 Å². The molecule has 1 aliphatic heterocycles. The first-order valence-corrected chi connectivity index (χ1v) is 9.85. The molecule has 4 nitrogen and oxygen atoms in total. The molecule has 2 heterocycles. The van der Waals surface area contributed by atoms with Gasteiger partial charge >= 0.3 is 0 Å². The Hall–Kier alpha value is -1.75. The topological polar surface area (TPSA) is 38.1 Å². The predicted octanol–water partition coefficient (Wildman–Crippen LogP) is 4.00. The minimum absolute atomic E-state index is 0.187. The molecule has 1 saturated heterocycles. The van der Waals surface area contributed by atoms with Crippen molar-refractivity contribution in [3.8, 4) is 0 Å². The highest BCUT2D eigenvalue weighted by Gasteiger charge is 2.28. The number of aryl methyl sites for hydroxylation is 2. The first-order valence-electron chi connectivity index (χ1n) is 8.62. The molecule has 0 radical (unpaired) electrons. The summed E-state index contributed by atoms with van der Waals surface area (Å²) in [6.45, 7) is 3.82. The van der Waals surface area contributed by atoms with Gasteiger partial charge in [0.2, 0.25) is 0 Å². The molecule has 1 aromatic carbocycles. The van der Waals surface area contributed by atoms with Crippen LogP contribution in [0.5, 0.6) is 0 Å². The first-order chi connectivity index (χ1) is 11.7. The van der Waals surface area contributed by atoms with E-state index in [9.17, 15) is 4.79 Å². The number of imidazole rings is 1. The zero-order valence-electron chi connectivity index (χ0n) is 14.4. The van der Waals surface area contributed by atoms with Crippen molar-refractivity contribution in [2.45, 2.75) is 50.1 Å². The number of hydrogen-bond donors (Lipinski definition) is 0. The average Bonchev–Trinajstić information content (AvgIpc) is 3.04. The molecule has 24 heavy (non-hydrogen) atoms. The van der Waals surface area contributed by atoms with Crippen LogP contribution in [0.4, 0.5) is 0 Å². The van der Waals surface area contributed by atoms with E-state index in [1.54, 1.807) is 11.8 Å². The fraction of sp³-hybridized carbons (Fsp3) is 0.474. The van der Waals surface area contributed by atoms with Crippen molar-refractivity contribution in [1.29, 1.82) is 0 Å². The van der Waals surface area contributed by atoms with Gasteiger partial charge in [0, 0.05) is 36.4 Å². The van der Waals surface area contributed by atoms with Gasteiger partial charge in [-0.05, 0) is 51.0 Å². The first kappa shape index (κ1) is 17.1. The Morgan fingerprint density at radius 3 is 2.92 bits per heavy atom. The quantitative estimate of drug-likeness (QED) is 0.770. The Labute approximate surface area is 148 Å². The van der Waals surface area contributed by atoms with Crippen LogP contribution in [-0.4, -0.2) is 39.2 Å². The van der Waals surface area contributed by atoms with Crippen LogP contribution < -0.4 is 0 Å². The monoisotopic (exact) mass is 343 g/mol. The van der Waals surface area contributed by atoms with Crippen molar-refractivity contribution in [3.63, 3.8) is 0 Å². The number of piperidine rings is 1. The fourth-order valence-corrected chi connectivity index (χ4v) is 4.06.